The van der Waals surface area contributed by atoms with Crippen molar-refractivity contribution in [1.29, 1.82) is 0 Å². The predicted octanol–water partition coefficient (Wildman–Crippen LogP) is 3.87. The van der Waals surface area contributed by atoms with Gasteiger partial charge < -0.3 is 14.2 Å². The van der Waals surface area contributed by atoms with E-state index in [0.717, 1.165) is 17.7 Å². The standard InChI is InChI=1S/C20H16F3N3O3/c21-20(22,23)14-4-1-3-13(9-14)19(27)26-8-6-18-16(11-26)17(25-29-18)12-28-15-5-2-7-24-10-15/h1-5,7,9-10H,6,8,11-12H2. The Morgan fingerprint density at radius 3 is 2.86 bits per heavy atom. The van der Waals surface area contributed by atoms with Crippen LogP contribution in [-0.2, 0) is 25.7 Å². The summed E-state index contributed by atoms with van der Waals surface area (Å²) in [6.07, 6.45) is -0.880. The Bertz CT molecular complexity index is 1020. The fraction of sp³-hybridized carbons (Fsp3) is 0.250. The zero-order valence-electron chi connectivity index (χ0n) is 15.1. The number of alkyl halides is 3. The number of benzene rings is 1. The summed E-state index contributed by atoms with van der Waals surface area (Å²) in [5.41, 5.74) is 0.412. The van der Waals surface area contributed by atoms with Gasteiger partial charge in [0.15, 0.2) is 0 Å². The Balaban J connectivity index is 1.50. The van der Waals surface area contributed by atoms with Gasteiger partial charge in [0.2, 0.25) is 0 Å². The molecule has 0 aliphatic carbocycles. The normalized spacial score (nSPS) is 13.8. The molecule has 0 saturated carbocycles. The summed E-state index contributed by atoms with van der Waals surface area (Å²) >= 11 is 0. The number of hydrogen-bond donors (Lipinski definition) is 0. The number of pyridine rings is 1. The summed E-state index contributed by atoms with van der Waals surface area (Å²) in [4.78, 5) is 18.2. The van der Waals surface area contributed by atoms with E-state index in [0.29, 0.717) is 30.2 Å². The van der Waals surface area contributed by atoms with E-state index in [2.05, 4.69) is 10.1 Å². The zero-order valence-corrected chi connectivity index (χ0v) is 15.1. The molecule has 0 bridgehead atoms. The van der Waals surface area contributed by atoms with E-state index < -0.39 is 17.6 Å². The lowest BCUT2D eigenvalue weighted by molar-refractivity contribution is -0.137. The van der Waals surface area contributed by atoms with Crippen LogP contribution in [0.2, 0.25) is 0 Å². The monoisotopic (exact) mass is 403 g/mol. The molecule has 1 aliphatic heterocycles. The van der Waals surface area contributed by atoms with Crippen LogP contribution in [0.1, 0.15) is 32.9 Å². The molecular formula is C20H16F3N3O3. The predicted molar refractivity (Wildman–Crippen MR) is 95.0 cm³/mol. The van der Waals surface area contributed by atoms with Gasteiger partial charge in [-0.15, -0.1) is 0 Å². The van der Waals surface area contributed by atoms with Crippen LogP contribution in [0.5, 0.6) is 5.75 Å². The molecule has 3 heterocycles. The van der Waals surface area contributed by atoms with E-state index in [1.165, 1.54) is 17.0 Å². The van der Waals surface area contributed by atoms with Crippen molar-refractivity contribution < 1.29 is 27.2 Å². The van der Waals surface area contributed by atoms with Gasteiger partial charge in [-0.3, -0.25) is 9.78 Å². The molecule has 29 heavy (non-hydrogen) atoms. The van der Waals surface area contributed by atoms with Crippen molar-refractivity contribution in [2.45, 2.75) is 25.7 Å². The van der Waals surface area contributed by atoms with Crippen LogP contribution in [0.15, 0.2) is 53.3 Å². The molecule has 4 rings (SSSR count). The molecule has 150 valence electrons. The van der Waals surface area contributed by atoms with Crippen LogP contribution in [0.3, 0.4) is 0 Å². The molecule has 0 fully saturated rings. The van der Waals surface area contributed by atoms with Crippen molar-refractivity contribution in [3.8, 4) is 5.75 Å². The minimum Gasteiger partial charge on any atom is -0.486 e. The summed E-state index contributed by atoms with van der Waals surface area (Å²) in [7, 11) is 0. The SMILES string of the molecule is O=C(c1cccc(C(F)(F)F)c1)N1CCc2onc(COc3cccnc3)c2C1. The molecule has 0 N–H and O–H groups in total. The van der Waals surface area contributed by atoms with Crippen molar-refractivity contribution >= 4 is 5.91 Å². The summed E-state index contributed by atoms with van der Waals surface area (Å²) in [6, 6.07) is 7.92. The highest BCUT2D eigenvalue weighted by atomic mass is 19.4. The summed E-state index contributed by atoms with van der Waals surface area (Å²) < 4.78 is 49.8. The molecule has 0 radical (unpaired) electrons. The third-order valence-electron chi connectivity index (χ3n) is 4.64. The number of amides is 1. The second-order valence-corrected chi connectivity index (χ2v) is 6.56. The Morgan fingerprint density at radius 2 is 2.10 bits per heavy atom. The van der Waals surface area contributed by atoms with Crippen LogP contribution in [0.25, 0.3) is 0 Å². The number of nitrogens with zero attached hydrogens (tertiary/aromatic N) is 3. The number of hydrogen-bond acceptors (Lipinski definition) is 5. The number of fused-ring (bicyclic) bond motifs is 1. The maximum atomic E-state index is 12.9. The van der Waals surface area contributed by atoms with Gasteiger partial charge >= 0.3 is 6.18 Å². The van der Waals surface area contributed by atoms with Crippen molar-refractivity contribution in [3.05, 3.63) is 76.9 Å². The highest BCUT2D eigenvalue weighted by molar-refractivity contribution is 5.94. The largest absolute Gasteiger partial charge is 0.486 e. The highest BCUT2D eigenvalue weighted by Crippen LogP contribution is 2.30. The Morgan fingerprint density at radius 1 is 1.24 bits per heavy atom. The second-order valence-electron chi connectivity index (χ2n) is 6.56. The zero-order chi connectivity index (χ0) is 20.4. The number of carbonyl (C=O) groups excluding carboxylic acids is 1. The molecule has 2 aromatic heterocycles. The quantitative estimate of drug-likeness (QED) is 0.662. The van der Waals surface area contributed by atoms with Crippen molar-refractivity contribution in [3.63, 3.8) is 0 Å². The number of rotatable bonds is 4. The Kier molecular flexibility index (Phi) is 4.96. The average molecular weight is 403 g/mol. The Hall–Kier alpha value is -3.36. The van der Waals surface area contributed by atoms with Crippen LogP contribution in [0, 0.1) is 0 Å². The van der Waals surface area contributed by atoms with E-state index in [4.69, 9.17) is 9.26 Å². The first-order valence-electron chi connectivity index (χ1n) is 8.87. The van der Waals surface area contributed by atoms with E-state index in [-0.39, 0.29) is 18.7 Å². The lowest BCUT2D eigenvalue weighted by atomic mass is 10.0. The van der Waals surface area contributed by atoms with Crippen molar-refractivity contribution in [2.24, 2.45) is 0 Å². The van der Waals surface area contributed by atoms with E-state index in [1.807, 2.05) is 0 Å². The third kappa shape index (κ3) is 4.08. The first-order valence-corrected chi connectivity index (χ1v) is 8.87. The van der Waals surface area contributed by atoms with E-state index >= 15 is 0 Å². The third-order valence-corrected chi connectivity index (χ3v) is 4.64. The van der Waals surface area contributed by atoms with Gasteiger partial charge in [0.05, 0.1) is 18.3 Å². The molecule has 3 aromatic rings. The van der Waals surface area contributed by atoms with Gasteiger partial charge in [0.1, 0.15) is 23.8 Å². The minimum absolute atomic E-state index is 0.00658. The second kappa shape index (κ2) is 7.57. The average Bonchev–Trinajstić information content (AvgIpc) is 3.14. The lowest BCUT2D eigenvalue weighted by Gasteiger charge is -2.26. The number of aromatic nitrogens is 2. The number of halogens is 3. The fourth-order valence-corrected chi connectivity index (χ4v) is 3.15. The minimum atomic E-state index is -4.50. The van der Waals surface area contributed by atoms with Crippen LogP contribution in [-0.4, -0.2) is 27.5 Å². The molecule has 1 amide bonds. The molecule has 0 unspecified atom stereocenters. The molecule has 0 atom stereocenters. The summed E-state index contributed by atoms with van der Waals surface area (Å²) in [5.74, 6) is 0.752. The fourth-order valence-electron chi connectivity index (χ4n) is 3.15. The maximum absolute atomic E-state index is 12.9. The van der Waals surface area contributed by atoms with Gasteiger partial charge in [-0.2, -0.15) is 13.2 Å². The van der Waals surface area contributed by atoms with Gasteiger partial charge in [-0.1, -0.05) is 11.2 Å². The summed E-state index contributed by atoms with van der Waals surface area (Å²) in [5, 5.41) is 4.02. The first kappa shape index (κ1) is 19.0. The van der Waals surface area contributed by atoms with Gasteiger partial charge in [-0.25, -0.2) is 0 Å². The van der Waals surface area contributed by atoms with E-state index in [1.54, 1.807) is 24.5 Å². The van der Waals surface area contributed by atoms with Crippen LogP contribution in [0.4, 0.5) is 13.2 Å². The number of carbonyl (C=O) groups is 1. The molecule has 6 nitrogen and oxygen atoms in total. The Labute approximate surface area is 163 Å². The molecule has 1 aromatic carbocycles. The van der Waals surface area contributed by atoms with Crippen molar-refractivity contribution in [1.82, 2.24) is 15.0 Å². The maximum Gasteiger partial charge on any atom is 0.416 e. The first-order chi connectivity index (χ1) is 13.9. The number of ether oxygens (including phenoxy) is 1. The lowest BCUT2D eigenvalue weighted by Crippen LogP contribution is -2.36. The molecule has 0 spiro atoms. The molecule has 9 heteroatoms. The molecule has 1 aliphatic rings. The highest BCUT2D eigenvalue weighted by Gasteiger charge is 2.32. The van der Waals surface area contributed by atoms with Gasteiger partial charge in [0, 0.05) is 30.3 Å². The van der Waals surface area contributed by atoms with Gasteiger partial charge in [0.25, 0.3) is 5.91 Å². The summed E-state index contributed by atoms with van der Waals surface area (Å²) in [6.45, 7) is 0.663. The van der Waals surface area contributed by atoms with Crippen molar-refractivity contribution in [2.75, 3.05) is 6.54 Å². The smallest absolute Gasteiger partial charge is 0.416 e. The molecule has 0 saturated heterocycles. The van der Waals surface area contributed by atoms with Crippen LogP contribution < -0.4 is 4.74 Å². The van der Waals surface area contributed by atoms with E-state index in [9.17, 15) is 18.0 Å². The topological polar surface area (TPSA) is 68.5 Å². The molecular weight excluding hydrogens is 387 g/mol. The van der Waals surface area contributed by atoms with Gasteiger partial charge in [-0.05, 0) is 30.3 Å². The van der Waals surface area contributed by atoms with Crippen LogP contribution >= 0.6 is 0 Å².